The number of para-hydroxylation sites is 1. The Bertz CT molecular complexity index is 290. The summed E-state index contributed by atoms with van der Waals surface area (Å²) < 4.78 is 6.37. The van der Waals surface area contributed by atoms with E-state index in [0.717, 1.165) is 10.2 Å². The fraction of sp³-hybridized carbons (Fsp3) is 0.0909. The van der Waals surface area contributed by atoms with Crippen molar-refractivity contribution >= 4 is 15.9 Å². The second kappa shape index (κ2) is 5.60. The van der Waals surface area contributed by atoms with Crippen LogP contribution in [0, 0.1) is 0 Å². The Balaban J connectivity index is 2.40. The van der Waals surface area contributed by atoms with Crippen LogP contribution in [-0.2, 0) is 0 Å². The Morgan fingerprint density at radius 3 is 2.69 bits per heavy atom. The minimum absolute atomic E-state index is 0.552. The van der Waals surface area contributed by atoms with Gasteiger partial charge in [-0.05, 0) is 18.2 Å². The molecule has 0 saturated heterocycles. The van der Waals surface area contributed by atoms with E-state index in [9.17, 15) is 0 Å². The summed E-state index contributed by atoms with van der Waals surface area (Å²) in [6.45, 7) is 4.17. The van der Waals surface area contributed by atoms with Gasteiger partial charge in [-0.1, -0.05) is 46.8 Å². The second-order valence-corrected chi connectivity index (χ2v) is 3.33. The molecule has 13 heavy (non-hydrogen) atoms. The monoisotopic (exact) mass is 238 g/mol. The van der Waals surface area contributed by atoms with Crippen molar-refractivity contribution in [2.75, 3.05) is 6.61 Å². The maximum absolute atomic E-state index is 5.42. The average molecular weight is 239 g/mol. The van der Waals surface area contributed by atoms with Gasteiger partial charge in [0.25, 0.3) is 0 Å². The van der Waals surface area contributed by atoms with Crippen LogP contribution in [0.15, 0.2) is 53.5 Å². The summed E-state index contributed by atoms with van der Waals surface area (Å²) in [5.74, 6) is 0.878. The summed E-state index contributed by atoms with van der Waals surface area (Å²) in [6.07, 6.45) is 3.65. The first-order valence-corrected chi connectivity index (χ1v) is 4.78. The van der Waals surface area contributed by atoms with E-state index < -0.39 is 0 Å². The molecule has 1 rings (SSSR count). The first-order chi connectivity index (χ1) is 6.33. The number of allylic oxidation sites excluding steroid dienone is 2. The number of hydrogen-bond donors (Lipinski definition) is 0. The Labute approximate surface area is 86.9 Å². The lowest BCUT2D eigenvalue weighted by molar-refractivity contribution is 0.363. The van der Waals surface area contributed by atoms with Crippen molar-refractivity contribution in [2.45, 2.75) is 0 Å². The van der Waals surface area contributed by atoms with Gasteiger partial charge in [-0.25, -0.2) is 0 Å². The Kier molecular flexibility index (Phi) is 4.33. The van der Waals surface area contributed by atoms with Crippen molar-refractivity contribution in [3.05, 3.63) is 53.5 Å². The van der Waals surface area contributed by atoms with Gasteiger partial charge in [0.2, 0.25) is 0 Å². The SMILES string of the molecule is C=C/C(Br)=C\COc1ccccc1. The molecule has 1 aromatic rings. The molecule has 0 spiro atoms. The third-order valence-corrected chi connectivity index (χ3v) is 2.11. The van der Waals surface area contributed by atoms with Gasteiger partial charge >= 0.3 is 0 Å². The summed E-state index contributed by atoms with van der Waals surface area (Å²) in [4.78, 5) is 0. The zero-order chi connectivity index (χ0) is 9.52. The van der Waals surface area contributed by atoms with Crippen molar-refractivity contribution < 1.29 is 4.74 Å². The van der Waals surface area contributed by atoms with Crippen LogP contribution in [0.2, 0.25) is 0 Å². The normalized spacial score (nSPS) is 11.0. The molecule has 0 N–H and O–H groups in total. The van der Waals surface area contributed by atoms with E-state index in [-0.39, 0.29) is 0 Å². The summed E-state index contributed by atoms with van der Waals surface area (Å²) in [5, 5.41) is 0. The van der Waals surface area contributed by atoms with Gasteiger partial charge in [0.05, 0.1) is 0 Å². The lowest BCUT2D eigenvalue weighted by Gasteiger charge is -2.01. The summed E-state index contributed by atoms with van der Waals surface area (Å²) >= 11 is 3.31. The molecule has 0 atom stereocenters. The molecule has 0 heterocycles. The molecule has 0 aliphatic rings. The van der Waals surface area contributed by atoms with E-state index in [4.69, 9.17) is 4.74 Å². The Hall–Kier alpha value is -1.02. The van der Waals surface area contributed by atoms with E-state index >= 15 is 0 Å². The van der Waals surface area contributed by atoms with Crippen LogP contribution in [0.5, 0.6) is 5.75 Å². The van der Waals surface area contributed by atoms with Crippen molar-refractivity contribution in [2.24, 2.45) is 0 Å². The third kappa shape index (κ3) is 3.95. The largest absolute Gasteiger partial charge is 0.489 e. The third-order valence-electron chi connectivity index (χ3n) is 1.47. The molecule has 0 saturated carbocycles. The predicted octanol–water partition coefficient (Wildman–Crippen LogP) is 3.53. The molecule has 0 radical (unpaired) electrons. The van der Waals surface area contributed by atoms with E-state index in [1.54, 1.807) is 6.08 Å². The molecule has 0 fully saturated rings. The highest BCUT2D eigenvalue weighted by atomic mass is 79.9. The van der Waals surface area contributed by atoms with Crippen LogP contribution >= 0.6 is 15.9 Å². The highest BCUT2D eigenvalue weighted by Gasteiger charge is 1.88. The smallest absolute Gasteiger partial charge is 0.119 e. The minimum Gasteiger partial charge on any atom is -0.489 e. The highest BCUT2D eigenvalue weighted by molar-refractivity contribution is 9.11. The van der Waals surface area contributed by atoms with Gasteiger partial charge in [0, 0.05) is 4.48 Å². The second-order valence-electron chi connectivity index (χ2n) is 2.42. The molecule has 0 bridgehead atoms. The number of halogens is 1. The lowest BCUT2D eigenvalue weighted by atomic mass is 10.3. The summed E-state index contributed by atoms with van der Waals surface area (Å²) in [6, 6.07) is 9.71. The molecule has 1 nitrogen and oxygen atoms in total. The van der Waals surface area contributed by atoms with E-state index in [0.29, 0.717) is 6.61 Å². The van der Waals surface area contributed by atoms with Gasteiger partial charge in [-0.2, -0.15) is 0 Å². The number of rotatable bonds is 4. The van der Waals surface area contributed by atoms with E-state index in [1.807, 2.05) is 36.4 Å². The van der Waals surface area contributed by atoms with E-state index in [2.05, 4.69) is 22.5 Å². The molecule has 0 aliphatic heterocycles. The molecule has 0 aromatic heterocycles. The van der Waals surface area contributed by atoms with Crippen molar-refractivity contribution in [1.29, 1.82) is 0 Å². The quantitative estimate of drug-likeness (QED) is 0.730. The molecule has 2 heteroatoms. The van der Waals surface area contributed by atoms with Crippen LogP contribution in [0.1, 0.15) is 0 Å². The molecule has 1 aromatic carbocycles. The first-order valence-electron chi connectivity index (χ1n) is 3.99. The van der Waals surface area contributed by atoms with Crippen LogP contribution in [0.3, 0.4) is 0 Å². The Morgan fingerprint density at radius 2 is 2.08 bits per heavy atom. The maximum atomic E-state index is 5.42. The molecule has 68 valence electrons. The minimum atomic E-state index is 0.552. The number of ether oxygens (including phenoxy) is 1. The van der Waals surface area contributed by atoms with Gasteiger partial charge in [0.15, 0.2) is 0 Å². The van der Waals surface area contributed by atoms with Crippen LogP contribution in [0.25, 0.3) is 0 Å². The molecule has 0 unspecified atom stereocenters. The van der Waals surface area contributed by atoms with Gasteiger partial charge in [-0.3, -0.25) is 0 Å². The standard InChI is InChI=1S/C11H11BrO/c1-2-10(12)8-9-13-11-6-4-3-5-7-11/h2-8H,1,9H2/b10-8+. The fourth-order valence-corrected chi connectivity index (χ4v) is 0.950. The van der Waals surface area contributed by atoms with Crippen molar-refractivity contribution in [3.8, 4) is 5.75 Å². The van der Waals surface area contributed by atoms with Crippen LogP contribution in [-0.4, -0.2) is 6.61 Å². The van der Waals surface area contributed by atoms with Gasteiger partial charge in [0.1, 0.15) is 12.4 Å². The highest BCUT2D eigenvalue weighted by Crippen LogP contribution is 2.09. The van der Waals surface area contributed by atoms with Gasteiger partial charge in [-0.15, -0.1) is 0 Å². The summed E-state index contributed by atoms with van der Waals surface area (Å²) in [7, 11) is 0. The zero-order valence-electron chi connectivity index (χ0n) is 7.24. The molecule has 0 aliphatic carbocycles. The topological polar surface area (TPSA) is 9.23 Å². The average Bonchev–Trinajstić information content (AvgIpc) is 2.19. The van der Waals surface area contributed by atoms with Crippen molar-refractivity contribution in [1.82, 2.24) is 0 Å². The Morgan fingerprint density at radius 1 is 1.38 bits per heavy atom. The van der Waals surface area contributed by atoms with Crippen LogP contribution in [0.4, 0.5) is 0 Å². The lowest BCUT2D eigenvalue weighted by Crippen LogP contribution is -1.92. The molecular formula is C11H11BrO. The molecular weight excluding hydrogens is 228 g/mol. The zero-order valence-corrected chi connectivity index (χ0v) is 8.83. The van der Waals surface area contributed by atoms with Crippen molar-refractivity contribution in [3.63, 3.8) is 0 Å². The number of hydrogen-bond acceptors (Lipinski definition) is 1. The van der Waals surface area contributed by atoms with E-state index in [1.165, 1.54) is 0 Å². The van der Waals surface area contributed by atoms with Gasteiger partial charge < -0.3 is 4.74 Å². The molecule has 0 amide bonds. The first kappa shape index (κ1) is 10.1. The summed E-state index contributed by atoms with van der Waals surface area (Å²) in [5.41, 5.74) is 0. The fourth-order valence-electron chi connectivity index (χ4n) is 0.818. The van der Waals surface area contributed by atoms with Crippen LogP contribution < -0.4 is 4.74 Å². The number of benzene rings is 1. The predicted molar refractivity (Wildman–Crippen MR) is 59.1 cm³/mol. The maximum Gasteiger partial charge on any atom is 0.119 e.